The third-order valence-corrected chi connectivity index (χ3v) is 13.4. The first-order chi connectivity index (χ1) is 22.5. The molecule has 5 rings (SSSR count). The van der Waals surface area contributed by atoms with Crippen molar-refractivity contribution in [3.05, 3.63) is 0 Å². The first kappa shape index (κ1) is 38.3. The van der Waals surface area contributed by atoms with Crippen molar-refractivity contribution in [3.63, 3.8) is 0 Å². The zero-order valence-electron chi connectivity index (χ0n) is 31.0. The summed E-state index contributed by atoms with van der Waals surface area (Å²) in [5, 5.41) is 31.2. The Morgan fingerprint density at radius 3 is 2.31 bits per heavy atom. The number of rotatable bonds is 11. The van der Waals surface area contributed by atoms with Crippen LogP contribution in [0.2, 0.25) is 0 Å². The van der Waals surface area contributed by atoms with Crippen LogP contribution in [0, 0.1) is 35.5 Å². The summed E-state index contributed by atoms with van der Waals surface area (Å²) in [7, 11) is 3.13. The highest BCUT2D eigenvalue weighted by atomic mass is 16.7. The molecule has 48 heavy (non-hydrogen) atoms. The predicted octanol–water partition coefficient (Wildman–Crippen LogP) is 4.93. The molecule has 5 heterocycles. The molecule has 278 valence electrons. The monoisotopic (exact) mass is 684 g/mol. The van der Waals surface area contributed by atoms with Crippen molar-refractivity contribution in [2.45, 2.75) is 172 Å². The van der Waals surface area contributed by atoms with Gasteiger partial charge in [-0.3, -0.25) is 4.79 Å². The lowest BCUT2D eigenvalue weighted by Crippen LogP contribution is -2.57. The highest BCUT2D eigenvalue weighted by molar-refractivity contribution is 5.70. The van der Waals surface area contributed by atoms with Crippen molar-refractivity contribution < 1.29 is 53.3 Å². The van der Waals surface area contributed by atoms with Gasteiger partial charge in [-0.05, 0) is 64.2 Å². The molecule has 17 atom stereocenters. The maximum atomic E-state index is 11.8. The molecule has 11 heteroatoms. The molecule has 5 saturated heterocycles. The van der Waals surface area contributed by atoms with Gasteiger partial charge in [0, 0.05) is 44.8 Å². The second-order valence-electron chi connectivity index (χ2n) is 16.5. The number of carbonyl (C=O) groups is 1. The fourth-order valence-electron chi connectivity index (χ4n) is 10.2. The second kappa shape index (κ2) is 14.3. The third-order valence-electron chi connectivity index (χ3n) is 13.4. The van der Waals surface area contributed by atoms with Crippen LogP contribution in [-0.2, 0) is 38.0 Å². The van der Waals surface area contributed by atoms with E-state index in [2.05, 4.69) is 34.6 Å². The molecule has 3 N–H and O–H groups in total. The van der Waals surface area contributed by atoms with Crippen LogP contribution in [0.1, 0.15) is 107 Å². The Hall–Kier alpha value is -0.890. The highest BCUT2D eigenvalue weighted by Crippen LogP contribution is 2.55. The number of aliphatic hydroxyl groups excluding tert-OH is 2. The number of hydrogen-bond donors (Lipinski definition) is 3. The van der Waals surface area contributed by atoms with E-state index in [-0.39, 0.29) is 60.6 Å². The van der Waals surface area contributed by atoms with Crippen molar-refractivity contribution in [2.75, 3.05) is 20.8 Å². The summed E-state index contributed by atoms with van der Waals surface area (Å²) in [6.07, 6.45) is 3.59. The van der Waals surface area contributed by atoms with Gasteiger partial charge < -0.3 is 48.5 Å². The third kappa shape index (κ3) is 6.62. The zero-order chi connectivity index (χ0) is 35.4. The molecule has 5 fully saturated rings. The molecule has 5 aliphatic rings. The molecule has 1 spiro atoms. The van der Waals surface area contributed by atoms with Gasteiger partial charge in [0.25, 0.3) is 0 Å². The van der Waals surface area contributed by atoms with E-state index in [9.17, 15) is 20.1 Å². The molecule has 0 amide bonds. The quantitative estimate of drug-likeness (QED) is 0.273. The number of carboxylic acid groups (broad SMARTS) is 1. The molecular weight excluding hydrogens is 620 g/mol. The van der Waals surface area contributed by atoms with Gasteiger partial charge in [-0.1, -0.05) is 41.5 Å². The molecule has 17 unspecified atom stereocenters. The molecule has 0 aromatic heterocycles. The summed E-state index contributed by atoms with van der Waals surface area (Å²) in [6.45, 7) is 16.1. The van der Waals surface area contributed by atoms with E-state index in [1.165, 1.54) is 7.11 Å². The first-order valence-corrected chi connectivity index (χ1v) is 18.5. The van der Waals surface area contributed by atoms with Gasteiger partial charge in [0.05, 0.1) is 66.5 Å². The lowest BCUT2D eigenvalue weighted by molar-refractivity contribution is -0.337. The van der Waals surface area contributed by atoms with Gasteiger partial charge in [-0.25, -0.2) is 0 Å². The van der Waals surface area contributed by atoms with Gasteiger partial charge in [0.1, 0.15) is 0 Å². The zero-order valence-corrected chi connectivity index (χ0v) is 31.0. The summed E-state index contributed by atoms with van der Waals surface area (Å²) < 4.78 is 45.7. The van der Waals surface area contributed by atoms with Crippen LogP contribution in [0.4, 0.5) is 0 Å². The van der Waals surface area contributed by atoms with E-state index in [0.29, 0.717) is 19.3 Å². The van der Waals surface area contributed by atoms with Gasteiger partial charge in [0.2, 0.25) is 0 Å². The maximum Gasteiger partial charge on any atom is 0.308 e. The van der Waals surface area contributed by atoms with Gasteiger partial charge in [-0.2, -0.15) is 0 Å². The Morgan fingerprint density at radius 2 is 1.71 bits per heavy atom. The fraction of sp³-hybridized carbons (Fsp3) is 0.973. The molecule has 0 aromatic carbocycles. The van der Waals surface area contributed by atoms with Crippen LogP contribution in [0.5, 0.6) is 0 Å². The Morgan fingerprint density at radius 1 is 1.00 bits per heavy atom. The van der Waals surface area contributed by atoms with Crippen LogP contribution in [0.25, 0.3) is 0 Å². The summed E-state index contributed by atoms with van der Waals surface area (Å²) in [6, 6.07) is 0. The number of aliphatic hydroxyl groups is 2. The minimum absolute atomic E-state index is 0.0652. The summed E-state index contributed by atoms with van der Waals surface area (Å²) in [4.78, 5) is 11.8. The number of carboxylic acids is 1. The molecule has 11 nitrogen and oxygen atoms in total. The molecular formula is C37H64O11. The fourth-order valence-corrected chi connectivity index (χ4v) is 10.2. The number of ether oxygens (including phenoxy) is 7. The Bertz CT molecular complexity index is 1120. The average Bonchev–Trinajstić information content (AvgIpc) is 3.76. The number of aliphatic carboxylic acids is 1. The molecule has 0 radical (unpaired) electrons. The van der Waals surface area contributed by atoms with E-state index in [0.717, 1.165) is 32.1 Å². The van der Waals surface area contributed by atoms with Crippen LogP contribution in [0.3, 0.4) is 0 Å². The number of methoxy groups -OCH3 is 2. The summed E-state index contributed by atoms with van der Waals surface area (Å²) in [5.41, 5.74) is -1.10. The first-order valence-electron chi connectivity index (χ1n) is 18.5. The Kier molecular flexibility index (Phi) is 11.4. The topological polar surface area (TPSA) is 142 Å². The molecule has 0 saturated carbocycles. The average molecular weight is 685 g/mol. The molecule has 0 bridgehead atoms. The Labute approximate surface area is 287 Å². The van der Waals surface area contributed by atoms with E-state index in [1.807, 2.05) is 13.8 Å². The minimum Gasteiger partial charge on any atom is -0.481 e. The van der Waals surface area contributed by atoms with Gasteiger partial charge in [-0.15, -0.1) is 0 Å². The van der Waals surface area contributed by atoms with Crippen molar-refractivity contribution in [1.29, 1.82) is 0 Å². The van der Waals surface area contributed by atoms with Crippen molar-refractivity contribution in [2.24, 2.45) is 35.5 Å². The van der Waals surface area contributed by atoms with Crippen molar-refractivity contribution in [1.82, 2.24) is 0 Å². The minimum atomic E-state index is -1.02. The highest BCUT2D eigenvalue weighted by Gasteiger charge is 2.62. The smallest absolute Gasteiger partial charge is 0.308 e. The predicted molar refractivity (Wildman–Crippen MR) is 177 cm³/mol. The van der Waals surface area contributed by atoms with Crippen molar-refractivity contribution in [3.8, 4) is 0 Å². The summed E-state index contributed by atoms with van der Waals surface area (Å²) >= 11 is 0. The SMILES string of the molecule is CCC1(C2OC(C3OC(CO)(OC)C(C)CC3C)CC2C)CCC(C2(C)CCC3(CC(O)C(C)C(C(C)C(OC)C(C)C(=O)O)O3)O2)O1. The standard InChI is InChI=1S/C37H64O11/c1-11-35(32-21(3)17-27(44-32)29-20(2)16-22(4)37(19-38,43-10)47-29)13-12-28(45-35)34(8)14-15-36(48-34)18-26(39)23(5)31(46-36)24(6)30(42-9)25(7)33(40)41/h20-32,38-39H,11-19H2,1-10H3,(H,40,41). The molecule has 0 aliphatic carbocycles. The van der Waals surface area contributed by atoms with Crippen LogP contribution < -0.4 is 0 Å². The normalized spacial score (nSPS) is 50.1. The van der Waals surface area contributed by atoms with E-state index in [1.54, 1.807) is 14.0 Å². The maximum absolute atomic E-state index is 11.8. The molecule has 5 aliphatic heterocycles. The summed E-state index contributed by atoms with van der Waals surface area (Å²) in [5.74, 6) is -3.59. The van der Waals surface area contributed by atoms with Crippen LogP contribution in [0.15, 0.2) is 0 Å². The van der Waals surface area contributed by atoms with Crippen LogP contribution >= 0.6 is 0 Å². The second-order valence-corrected chi connectivity index (χ2v) is 16.5. The number of hydrogen-bond acceptors (Lipinski definition) is 10. The van der Waals surface area contributed by atoms with E-state index in [4.69, 9.17) is 33.2 Å². The van der Waals surface area contributed by atoms with E-state index >= 15 is 0 Å². The molecule has 0 aromatic rings. The van der Waals surface area contributed by atoms with Crippen molar-refractivity contribution >= 4 is 5.97 Å². The van der Waals surface area contributed by atoms with Crippen LogP contribution in [-0.4, -0.2) is 108 Å². The van der Waals surface area contributed by atoms with Gasteiger partial charge >= 0.3 is 5.97 Å². The Balaban J connectivity index is 1.29. The largest absolute Gasteiger partial charge is 0.481 e. The van der Waals surface area contributed by atoms with E-state index < -0.39 is 53.0 Å². The van der Waals surface area contributed by atoms with Gasteiger partial charge in [0.15, 0.2) is 11.6 Å². The lowest BCUT2D eigenvalue weighted by atomic mass is 9.78. The lowest BCUT2D eigenvalue weighted by Gasteiger charge is -2.49.